The molecule has 1 aliphatic heterocycles. The van der Waals surface area contributed by atoms with E-state index < -0.39 is 20.0 Å². The van der Waals surface area contributed by atoms with E-state index in [4.69, 9.17) is 5.14 Å². The molecule has 8 heteroatoms. The fraction of sp³-hybridized carbons (Fsp3) is 0.500. The second-order valence-electron chi connectivity index (χ2n) is 4.95. The van der Waals surface area contributed by atoms with Crippen LogP contribution in [0.2, 0.25) is 0 Å². The van der Waals surface area contributed by atoms with Crippen molar-refractivity contribution in [3.8, 4) is 0 Å². The minimum absolute atomic E-state index is 0.137. The molecule has 0 spiro atoms. The standard InChI is InChI=1S/C12H18N2O4S2/c1-10-6-4-5-9-14(10)20(17,18)12-8-3-2-7-11(12)19(13,15)16/h2-3,7-8,10H,4-6,9H2,1H3,(H2,13,15,16). The number of hydrogen-bond donors (Lipinski definition) is 1. The number of rotatable bonds is 3. The van der Waals surface area contributed by atoms with E-state index in [0.717, 1.165) is 19.3 Å². The van der Waals surface area contributed by atoms with Crippen molar-refractivity contribution in [3.05, 3.63) is 24.3 Å². The lowest BCUT2D eigenvalue weighted by Crippen LogP contribution is -2.42. The summed E-state index contributed by atoms with van der Waals surface area (Å²) in [6, 6.07) is 5.32. The van der Waals surface area contributed by atoms with Gasteiger partial charge in [0.05, 0.1) is 0 Å². The Hall–Kier alpha value is -0.960. The molecule has 0 aromatic heterocycles. The molecular formula is C12H18N2O4S2. The second-order valence-corrected chi connectivity index (χ2v) is 8.34. The van der Waals surface area contributed by atoms with Gasteiger partial charge in [-0.15, -0.1) is 0 Å². The van der Waals surface area contributed by atoms with Crippen LogP contribution < -0.4 is 5.14 Å². The molecule has 6 nitrogen and oxygen atoms in total. The van der Waals surface area contributed by atoms with Crippen LogP contribution in [0.15, 0.2) is 34.1 Å². The van der Waals surface area contributed by atoms with Crippen molar-refractivity contribution in [2.24, 2.45) is 5.14 Å². The average molecular weight is 318 g/mol. The van der Waals surface area contributed by atoms with E-state index in [2.05, 4.69) is 0 Å². The molecule has 1 heterocycles. The average Bonchev–Trinajstić information content (AvgIpc) is 2.38. The highest BCUT2D eigenvalue weighted by Gasteiger charge is 2.34. The Bertz CT molecular complexity index is 698. The van der Waals surface area contributed by atoms with E-state index in [1.807, 2.05) is 6.92 Å². The van der Waals surface area contributed by atoms with E-state index in [0.29, 0.717) is 6.54 Å². The van der Waals surface area contributed by atoms with Crippen molar-refractivity contribution in [2.75, 3.05) is 6.54 Å². The maximum Gasteiger partial charge on any atom is 0.244 e. The van der Waals surface area contributed by atoms with Gasteiger partial charge in [0.25, 0.3) is 0 Å². The van der Waals surface area contributed by atoms with Crippen LogP contribution >= 0.6 is 0 Å². The quantitative estimate of drug-likeness (QED) is 0.895. The van der Waals surface area contributed by atoms with Gasteiger partial charge in [-0.25, -0.2) is 22.0 Å². The van der Waals surface area contributed by atoms with Crippen molar-refractivity contribution in [1.82, 2.24) is 4.31 Å². The smallest absolute Gasteiger partial charge is 0.225 e. The molecule has 1 aliphatic rings. The zero-order valence-electron chi connectivity index (χ0n) is 11.2. The third kappa shape index (κ3) is 2.88. The molecule has 1 fully saturated rings. The molecule has 2 N–H and O–H groups in total. The van der Waals surface area contributed by atoms with Crippen LogP contribution in [0.25, 0.3) is 0 Å². The number of hydrogen-bond acceptors (Lipinski definition) is 4. The molecule has 20 heavy (non-hydrogen) atoms. The zero-order valence-corrected chi connectivity index (χ0v) is 12.8. The Morgan fingerprint density at radius 3 is 2.25 bits per heavy atom. The van der Waals surface area contributed by atoms with E-state index >= 15 is 0 Å². The summed E-state index contributed by atoms with van der Waals surface area (Å²) in [5.41, 5.74) is 0. The number of nitrogens with zero attached hydrogens (tertiary/aromatic N) is 1. The predicted molar refractivity (Wildman–Crippen MR) is 75.0 cm³/mol. The first-order valence-corrected chi connectivity index (χ1v) is 9.37. The lowest BCUT2D eigenvalue weighted by atomic mass is 10.1. The van der Waals surface area contributed by atoms with Crippen LogP contribution in [0.1, 0.15) is 26.2 Å². The fourth-order valence-electron chi connectivity index (χ4n) is 2.45. The van der Waals surface area contributed by atoms with Crippen LogP contribution in [-0.4, -0.2) is 33.7 Å². The van der Waals surface area contributed by atoms with Crippen molar-refractivity contribution >= 4 is 20.0 Å². The molecule has 0 radical (unpaired) electrons. The first-order valence-electron chi connectivity index (χ1n) is 6.38. The van der Waals surface area contributed by atoms with Crippen molar-refractivity contribution in [1.29, 1.82) is 0 Å². The van der Waals surface area contributed by atoms with Gasteiger partial charge in [-0.2, -0.15) is 4.31 Å². The maximum absolute atomic E-state index is 12.7. The van der Waals surface area contributed by atoms with Crippen molar-refractivity contribution < 1.29 is 16.8 Å². The monoisotopic (exact) mass is 318 g/mol. The van der Waals surface area contributed by atoms with Crippen molar-refractivity contribution in [2.45, 2.75) is 42.0 Å². The molecule has 2 rings (SSSR count). The van der Waals surface area contributed by atoms with Crippen LogP contribution in [0.4, 0.5) is 0 Å². The van der Waals surface area contributed by atoms with Gasteiger partial charge in [0.15, 0.2) is 0 Å². The highest BCUT2D eigenvalue weighted by atomic mass is 32.2. The van der Waals surface area contributed by atoms with E-state index in [1.165, 1.54) is 28.6 Å². The van der Waals surface area contributed by atoms with Gasteiger partial charge < -0.3 is 0 Å². The summed E-state index contributed by atoms with van der Waals surface area (Å²) >= 11 is 0. The molecule has 1 saturated heterocycles. The Morgan fingerprint density at radius 2 is 1.70 bits per heavy atom. The number of sulfonamides is 2. The van der Waals surface area contributed by atoms with Gasteiger partial charge in [0, 0.05) is 12.6 Å². The van der Waals surface area contributed by atoms with Crippen LogP contribution in [0.3, 0.4) is 0 Å². The Balaban J connectivity index is 2.55. The van der Waals surface area contributed by atoms with Crippen LogP contribution in [0, 0.1) is 0 Å². The van der Waals surface area contributed by atoms with Gasteiger partial charge in [-0.1, -0.05) is 18.6 Å². The van der Waals surface area contributed by atoms with Gasteiger partial charge in [0.1, 0.15) is 9.79 Å². The number of piperidine rings is 1. The summed E-state index contributed by atoms with van der Waals surface area (Å²) in [6.07, 6.45) is 2.53. The largest absolute Gasteiger partial charge is 0.244 e. The Morgan fingerprint density at radius 1 is 1.10 bits per heavy atom. The van der Waals surface area contributed by atoms with Gasteiger partial charge in [-0.05, 0) is 31.9 Å². The minimum atomic E-state index is -4.08. The van der Waals surface area contributed by atoms with Crippen molar-refractivity contribution in [3.63, 3.8) is 0 Å². The predicted octanol–water partition coefficient (Wildman–Crippen LogP) is 0.897. The highest BCUT2D eigenvalue weighted by Crippen LogP contribution is 2.28. The first-order chi connectivity index (χ1) is 9.24. The molecule has 1 atom stereocenters. The van der Waals surface area contributed by atoms with Gasteiger partial charge >= 0.3 is 0 Å². The SMILES string of the molecule is CC1CCCCN1S(=O)(=O)c1ccccc1S(N)(=O)=O. The Kier molecular flexibility index (Phi) is 4.19. The summed E-state index contributed by atoms with van der Waals surface area (Å²) in [6.45, 7) is 2.23. The molecule has 0 saturated carbocycles. The van der Waals surface area contributed by atoms with Gasteiger partial charge in [-0.3, -0.25) is 0 Å². The third-order valence-corrected chi connectivity index (χ3v) is 6.65. The summed E-state index contributed by atoms with van der Waals surface area (Å²) in [5, 5.41) is 5.11. The lowest BCUT2D eigenvalue weighted by molar-refractivity contribution is 0.268. The summed E-state index contributed by atoms with van der Waals surface area (Å²) < 4.78 is 49.8. The summed E-state index contributed by atoms with van der Waals surface area (Å²) in [4.78, 5) is -0.589. The zero-order chi connectivity index (χ0) is 15.0. The number of nitrogens with two attached hydrogens (primary N) is 1. The van der Waals surface area contributed by atoms with Gasteiger partial charge in [0.2, 0.25) is 20.0 Å². The first kappa shape index (κ1) is 15.4. The Labute approximate surface area is 119 Å². The molecule has 0 aliphatic carbocycles. The van der Waals surface area contributed by atoms with Crippen LogP contribution in [-0.2, 0) is 20.0 Å². The summed E-state index contributed by atoms with van der Waals surface area (Å²) in [7, 11) is -7.93. The number of primary sulfonamides is 1. The highest BCUT2D eigenvalue weighted by molar-refractivity contribution is 7.92. The van der Waals surface area contributed by atoms with E-state index in [-0.39, 0.29) is 15.8 Å². The maximum atomic E-state index is 12.7. The molecular weight excluding hydrogens is 300 g/mol. The van der Waals surface area contributed by atoms with E-state index in [9.17, 15) is 16.8 Å². The second kappa shape index (κ2) is 5.44. The third-order valence-electron chi connectivity index (χ3n) is 3.48. The lowest BCUT2D eigenvalue weighted by Gasteiger charge is -2.32. The number of benzene rings is 1. The molecule has 0 bridgehead atoms. The fourth-order valence-corrected chi connectivity index (χ4v) is 5.51. The topological polar surface area (TPSA) is 97.5 Å². The molecule has 1 aromatic carbocycles. The molecule has 1 unspecified atom stereocenters. The van der Waals surface area contributed by atoms with Crippen LogP contribution in [0.5, 0.6) is 0 Å². The molecule has 1 aromatic rings. The van der Waals surface area contributed by atoms with E-state index in [1.54, 1.807) is 0 Å². The molecule has 0 amide bonds. The normalized spacial score (nSPS) is 21.8. The summed E-state index contributed by atoms with van der Waals surface area (Å²) in [5.74, 6) is 0. The molecule has 112 valence electrons. The minimum Gasteiger partial charge on any atom is -0.225 e.